The Kier molecular flexibility index (Phi) is 4.43. The second-order valence-corrected chi connectivity index (χ2v) is 5.77. The first-order chi connectivity index (χ1) is 9.74. The predicted octanol–water partition coefficient (Wildman–Crippen LogP) is 4.40. The molecule has 0 atom stereocenters. The fourth-order valence-corrected chi connectivity index (χ4v) is 2.46. The van der Waals surface area contributed by atoms with Gasteiger partial charge in [-0.15, -0.1) is 0 Å². The van der Waals surface area contributed by atoms with Gasteiger partial charge >= 0.3 is 6.18 Å². The SMILES string of the molecule is CC(C)n1cc(C(F)(F)F)nc1-c1ccc(CO)c(Br)c1. The van der Waals surface area contributed by atoms with Gasteiger partial charge in [-0.1, -0.05) is 28.1 Å². The Bertz CT molecular complexity index is 650. The molecule has 1 heterocycles. The van der Waals surface area contributed by atoms with Gasteiger partial charge in [-0.05, 0) is 25.5 Å². The maximum absolute atomic E-state index is 12.8. The monoisotopic (exact) mass is 362 g/mol. The Hall–Kier alpha value is -1.34. The minimum absolute atomic E-state index is 0.146. The van der Waals surface area contributed by atoms with E-state index in [0.717, 1.165) is 6.20 Å². The van der Waals surface area contributed by atoms with E-state index in [1.165, 1.54) is 4.57 Å². The standard InChI is InChI=1S/C14H14BrF3N2O/c1-8(2)20-6-12(14(16,17)18)19-13(20)9-3-4-10(7-21)11(15)5-9/h3-6,8,21H,7H2,1-2H3. The summed E-state index contributed by atoms with van der Waals surface area (Å²) in [5.41, 5.74) is 0.314. The Morgan fingerprint density at radius 2 is 2.00 bits per heavy atom. The molecule has 1 aromatic heterocycles. The topological polar surface area (TPSA) is 38.0 Å². The highest BCUT2D eigenvalue weighted by Crippen LogP contribution is 2.33. The van der Waals surface area contributed by atoms with Gasteiger partial charge in [-0.25, -0.2) is 4.98 Å². The number of imidazole rings is 1. The van der Waals surface area contributed by atoms with E-state index >= 15 is 0 Å². The number of halogens is 4. The molecule has 0 saturated heterocycles. The second kappa shape index (κ2) is 5.81. The van der Waals surface area contributed by atoms with Crippen molar-refractivity contribution in [2.45, 2.75) is 32.7 Å². The third kappa shape index (κ3) is 3.29. The highest BCUT2D eigenvalue weighted by atomic mass is 79.9. The number of hydrogen-bond donors (Lipinski definition) is 1. The Morgan fingerprint density at radius 1 is 1.33 bits per heavy atom. The number of rotatable bonds is 3. The Balaban J connectivity index is 2.57. The van der Waals surface area contributed by atoms with Crippen molar-refractivity contribution in [3.05, 3.63) is 40.1 Å². The van der Waals surface area contributed by atoms with Crippen LogP contribution in [-0.4, -0.2) is 14.7 Å². The van der Waals surface area contributed by atoms with Crippen molar-refractivity contribution >= 4 is 15.9 Å². The molecule has 0 radical (unpaired) electrons. The van der Waals surface area contributed by atoms with Crippen LogP contribution in [0, 0.1) is 0 Å². The van der Waals surface area contributed by atoms with E-state index < -0.39 is 11.9 Å². The first kappa shape index (κ1) is 16.0. The molecule has 2 aromatic rings. The highest BCUT2D eigenvalue weighted by molar-refractivity contribution is 9.10. The summed E-state index contributed by atoms with van der Waals surface area (Å²) in [7, 11) is 0. The average Bonchev–Trinajstić information content (AvgIpc) is 2.83. The number of aliphatic hydroxyl groups excluding tert-OH is 1. The van der Waals surface area contributed by atoms with Crippen LogP contribution < -0.4 is 0 Å². The Labute approximate surface area is 128 Å². The fourth-order valence-electron chi connectivity index (χ4n) is 1.95. The third-order valence-corrected chi connectivity index (χ3v) is 3.80. The fraction of sp³-hybridized carbons (Fsp3) is 0.357. The van der Waals surface area contributed by atoms with E-state index in [-0.39, 0.29) is 18.5 Å². The van der Waals surface area contributed by atoms with Crippen molar-refractivity contribution in [1.82, 2.24) is 9.55 Å². The molecule has 3 nitrogen and oxygen atoms in total. The van der Waals surface area contributed by atoms with Gasteiger partial charge in [-0.3, -0.25) is 0 Å². The van der Waals surface area contributed by atoms with Crippen molar-refractivity contribution in [3.63, 3.8) is 0 Å². The first-order valence-electron chi connectivity index (χ1n) is 6.29. The zero-order valence-electron chi connectivity index (χ0n) is 11.4. The number of aliphatic hydroxyl groups is 1. The van der Waals surface area contributed by atoms with Crippen LogP contribution >= 0.6 is 15.9 Å². The van der Waals surface area contributed by atoms with Gasteiger partial charge in [0.2, 0.25) is 0 Å². The lowest BCUT2D eigenvalue weighted by Crippen LogP contribution is -2.05. The minimum Gasteiger partial charge on any atom is -0.392 e. The van der Waals surface area contributed by atoms with Crippen LogP contribution in [0.3, 0.4) is 0 Å². The molecule has 0 bridgehead atoms. The number of nitrogens with zero attached hydrogens (tertiary/aromatic N) is 2. The molecule has 1 N–H and O–H groups in total. The lowest BCUT2D eigenvalue weighted by atomic mass is 10.1. The summed E-state index contributed by atoms with van der Waals surface area (Å²) >= 11 is 3.29. The van der Waals surface area contributed by atoms with Gasteiger partial charge in [0, 0.05) is 22.3 Å². The summed E-state index contributed by atoms with van der Waals surface area (Å²) in [5, 5.41) is 9.13. The predicted molar refractivity (Wildman–Crippen MR) is 76.7 cm³/mol. The third-order valence-electron chi connectivity index (χ3n) is 3.06. The summed E-state index contributed by atoms with van der Waals surface area (Å²) in [6.07, 6.45) is -3.45. The molecule has 0 unspecified atom stereocenters. The van der Waals surface area contributed by atoms with Crippen LogP contribution in [0.15, 0.2) is 28.9 Å². The second-order valence-electron chi connectivity index (χ2n) is 4.91. The smallest absolute Gasteiger partial charge is 0.392 e. The summed E-state index contributed by atoms with van der Waals surface area (Å²) in [6, 6.07) is 4.82. The van der Waals surface area contributed by atoms with Crippen LogP contribution in [-0.2, 0) is 12.8 Å². The first-order valence-corrected chi connectivity index (χ1v) is 7.09. The lowest BCUT2D eigenvalue weighted by Gasteiger charge is -2.12. The zero-order chi connectivity index (χ0) is 15.8. The van der Waals surface area contributed by atoms with Crippen LogP contribution in [0.1, 0.15) is 31.1 Å². The molecular formula is C14H14BrF3N2O. The molecule has 0 saturated carbocycles. The largest absolute Gasteiger partial charge is 0.434 e. The highest BCUT2D eigenvalue weighted by Gasteiger charge is 2.35. The molecule has 0 spiro atoms. The molecule has 2 rings (SSSR count). The van der Waals surface area contributed by atoms with Crippen LogP contribution in [0.25, 0.3) is 11.4 Å². The average molecular weight is 363 g/mol. The quantitative estimate of drug-likeness (QED) is 0.878. The summed E-state index contributed by atoms with van der Waals surface area (Å²) in [4.78, 5) is 3.72. The number of alkyl halides is 3. The van der Waals surface area contributed by atoms with Crippen molar-refractivity contribution in [2.75, 3.05) is 0 Å². The lowest BCUT2D eigenvalue weighted by molar-refractivity contribution is -0.140. The van der Waals surface area contributed by atoms with E-state index in [1.54, 1.807) is 32.0 Å². The molecule has 0 amide bonds. The molecule has 0 aliphatic carbocycles. The molecule has 0 aliphatic rings. The van der Waals surface area contributed by atoms with E-state index in [4.69, 9.17) is 5.11 Å². The van der Waals surface area contributed by atoms with E-state index in [0.29, 0.717) is 15.6 Å². The van der Waals surface area contributed by atoms with Crippen molar-refractivity contribution in [1.29, 1.82) is 0 Å². The normalized spacial score (nSPS) is 12.2. The summed E-state index contributed by atoms with van der Waals surface area (Å²) < 4.78 is 40.6. The van der Waals surface area contributed by atoms with Gasteiger partial charge in [0.05, 0.1) is 6.61 Å². The maximum atomic E-state index is 12.8. The minimum atomic E-state index is -4.48. The summed E-state index contributed by atoms with van der Waals surface area (Å²) in [6.45, 7) is 3.44. The maximum Gasteiger partial charge on any atom is 0.434 e. The van der Waals surface area contributed by atoms with E-state index in [9.17, 15) is 13.2 Å². The van der Waals surface area contributed by atoms with Gasteiger partial charge in [0.1, 0.15) is 5.82 Å². The molecule has 0 fully saturated rings. The van der Waals surface area contributed by atoms with E-state index in [1.807, 2.05) is 0 Å². The molecular weight excluding hydrogens is 349 g/mol. The van der Waals surface area contributed by atoms with Gasteiger partial charge < -0.3 is 9.67 Å². The van der Waals surface area contributed by atoms with Crippen LogP contribution in [0.5, 0.6) is 0 Å². The molecule has 114 valence electrons. The molecule has 1 aromatic carbocycles. The molecule has 0 aliphatic heterocycles. The Morgan fingerprint density at radius 3 is 2.48 bits per heavy atom. The number of benzene rings is 1. The van der Waals surface area contributed by atoms with Crippen molar-refractivity contribution in [3.8, 4) is 11.4 Å². The molecule has 7 heteroatoms. The number of hydrogen-bond acceptors (Lipinski definition) is 2. The zero-order valence-corrected chi connectivity index (χ0v) is 13.0. The van der Waals surface area contributed by atoms with Gasteiger partial charge in [0.25, 0.3) is 0 Å². The van der Waals surface area contributed by atoms with Gasteiger partial charge in [0.15, 0.2) is 5.69 Å². The van der Waals surface area contributed by atoms with E-state index in [2.05, 4.69) is 20.9 Å². The van der Waals surface area contributed by atoms with Crippen LogP contribution in [0.4, 0.5) is 13.2 Å². The van der Waals surface area contributed by atoms with Crippen molar-refractivity contribution in [2.24, 2.45) is 0 Å². The number of aromatic nitrogens is 2. The van der Waals surface area contributed by atoms with Crippen molar-refractivity contribution < 1.29 is 18.3 Å². The molecule has 21 heavy (non-hydrogen) atoms. The summed E-state index contributed by atoms with van der Waals surface area (Å²) in [5.74, 6) is 0.252. The van der Waals surface area contributed by atoms with Crippen LogP contribution in [0.2, 0.25) is 0 Å². The van der Waals surface area contributed by atoms with Gasteiger partial charge in [-0.2, -0.15) is 13.2 Å².